The van der Waals surface area contributed by atoms with Crippen LogP contribution in [0.25, 0.3) is 122 Å². The lowest BCUT2D eigenvalue weighted by atomic mass is 9.84. The van der Waals surface area contributed by atoms with Gasteiger partial charge in [0.15, 0.2) is 0 Å². The van der Waals surface area contributed by atoms with E-state index in [2.05, 4.69) is 548 Å². The Labute approximate surface area is 794 Å². The van der Waals surface area contributed by atoms with E-state index in [1.54, 1.807) is 0 Å². The third-order valence-electron chi connectivity index (χ3n) is 24.8. The van der Waals surface area contributed by atoms with Gasteiger partial charge < -0.3 is 0 Å². The first-order chi connectivity index (χ1) is 64.4. The molecular formula is C133H126. The van der Waals surface area contributed by atoms with Crippen LogP contribution in [0.2, 0.25) is 0 Å². The van der Waals surface area contributed by atoms with E-state index in [0.717, 1.165) is 6.42 Å². The summed E-state index contributed by atoms with van der Waals surface area (Å²) < 4.78 is 0. The third kappa shape index (κ3) is 26.7. The van der Waals surface area contributed by atoms with Gasteiger partial charge in [0.1, 0.15) is 0 Å². The second-order valence-electron chi connectivity index (χ2n) is 36.4. The normalized spacial score (nSPS) is 10.9. The fourth-order valence-corrected chi connectivity index (χ4v) is 17.3. The van der Waals surface area contributed by atoms with Crippen LogP contribution in [0.5, 0.6) is 0 Å². The van der Waals surface area contributed by atoms with Crippen LogP contribution in [0.15, 0.2) is 437 Å². The molecule has 2 aliphatic carbocycles. The first-order valence-corrected chi connectivity index (χ1v) is 46.9. The monoisotopic (exact) mass is 1720 g/mol. The van der Waals surface area contributed by atoms with Gasteiger partial charge in [-0.15, -0.1) is 0 Å². The number of aryl methyl sites for hydroxylation is 18. The van der Waals surface area contributed by atoms with E-state index in [-0.39, 0.29) is 0 Å². The van der Waals surface area contributed by atoms with Crippen molar-refractivity contribution in [1.82, 2.24) is 0 Å². The highest BCUT2D eigenvalue weighted by atomic mass is 14.2. The largest absolute Gasteiger partial charge is 0.0620 e. The Morgan fingerprint density at radius 3 is 0.519 bits per heavy atom. The molecule has 0 aliphatic heterocycles. The molecule has 0 unspecified atom stereocenters. The fourth-order valence-electron chi connectivity index (χ4n) is 17.3. The van der Waals surface area contributed by atoms with E-state index < -0.39 is 0 Å². The van der Waals surface area contributed by atoms with Crippen LogP contribution >= 0.6 is 0 Å². The molecule has 0 bridgehead atoms. The average molecular weight is 1720 g/mol. The summed E-state index contributed by atoms with van der Waals surface area (Å²) in [6.45, 7) is 34.2. The van der Waals surface area contributed by atoms with E-state index in [1.807, 2.05) is 0 Å². The minimum Gasteiger partial charge on any atom is -0.0620 e. The third-order valence-corrected chi connectivity index (χ3v) is 24.8. The lowest BCUT2D eigenvalue weighted by Crippen LogP contribution is -2.04. The molecule has 0 heteroatoms. The van der Waals surface area contributed by atoms with Crippen LogP contribution in [-0.4, -0.2) is 0 Å². The second kappa shape index (κ2) is 45.6. The number of rotatable bonds is 9. The zero-order valence-corrected chi connectivity index (χ0v) is 80.7. The molecule has 133 heavy (non-hydrogen) atoms. The highest BCUT2D eigenvalue weighted by Crippen LogP contribution is 2.39. The zero-order chi connectivity index (χ0) is 93.3. The number of hydrogen-bond acceptors (Lipinski definition) is 0. The van der Waals surface area contributed by atoms with Crippen molar-refractivity contribution in [3.63, 3.8) is 0 Å². The highest BCUT2D eigenvalue weighted by molar-refractivity contribution is 5.80. The molecule has 0 saturated carbocycles. The molecule has 0 N–H and O–H groups in total. The smallest absolute Gasteiger partial charge is 0.00133 e. The number of benzene rings is 19. The van der Waals surface area contributed by atoms with Crippen molar-refractivity contribution in [2.45, 2.75) is 130 Å². The molecule has 0 heterocycles. The Morgan fingerprint density at radius 1 is 0.113 bits per heavy atom. The van der Waals surface area contributed by atoms with Gasteiger partial charge in [0.05, 0.1) is 0 Å². The van der Waals surface area contributed by atoms with E-state index in [1.165, 1.54) is 247 Å². The van der Waals surface area contributed by atoms with Gasteiger partial charge in [-0.25, -0.2) is 0 Å². The Balaban J connectivity index is 0.000000123. The van der Waals surface area contributed by atoms with Gasteiger partial charge in [0.25, 0.3) is 0 Å². The lowest BCUT2D eigenvalue weighted by Gasteiger charge is -2.20. The summed E-state index contributed by atoms with van der Waals surface area (Å²) >= 11 is 0. The van der Waals surface area contributed by atoms with E-state index in [0.29, 0.717) is 0 Å². The van der Waals surface area contributed by atoms with Crippen molar-refractivity contribution in [2.75, 3.05) is 0 Å². The summed E-state index contributed by atoms with van der Waals surface area (Å²) in [6, 6.07) is 157. The van der Waals surface area contributed by atoms with Crippen LogP contribution in [0.3, 0.4) is 0 Å². The van der Waals surface area contributed by atoms with Crippen molar-refractivity contribution in [3.8, 4) is 122 Å². The standard InChI is InChI=1S/3C20H18.C16H16.C15H14.3C14H14/c1-15-3-7-17(8-4-15)19-11-13-20(14-12-19)18-9-5-16(2)6-10-18;1-15-5-3-7-19(13-15)17-9-11-18(12-10-17)20-8-4-6-16(2)14-20;1-15-6-8-17(9-7-15)18-10-12-19(13-11-18)20-5-3-4-16(2)14-20;1-11-3-7-15-13(9-11)5-6-14-10-12(2)4-8-16(14)15;1-10-3-5-14-12(7-10)9-13-8-11(2)4-6-15(13)14;1-11-5-3-7-13(9-11)14-8-4-6-12(2)10-14;1-11-6-5-8-13(10-11)14-9-4-3-7-12(14)2;1-11-6-8-13(9-7-11)14-5-3-4-12(2)10-14/h3*3-14H,1-2H3;3-4,7-10H,5-6H2,1-2H3;3-8H,9H2,1-2H3;3*3-10H,1-2H3. The molecule has 0 amide bonds. The molecule has 2 aliphatic rings. The highest BCUT2D eigenvalue weighted by Gasteiger charge is 2.19. The minimum atomic E-state index is 1.11. The van der Waals surface area contributed by atoms with Gasteiger partial charge in [0, 0.05) is 0 Å². The van der Waals surface area contributed by atoms with Crippen molar-refractivity contribution in [3.05, 3.63) is 548 Å². The minimum absolute atomic E-state index is 1.11. The van der Waals surface area contributed by atoms with Crippen LogP contribution in [0.1, 0.15) is 111 Å². The summed E-state index contributed by atoms with van der Waals surface area (Å²) in [5.41, 5.74) is 55.9. The van der Waals surface area contributed by atoms with Crippen molar-refractivity contribution in [2.24, 2.45) is 0 Å². The molecule has 0 fully saturated rings. The van der Waals surface area contributed by atoms with Crippen molar-refractivity contribution < 1.29 is 0 Å². The number of hydrogen-bond donors (Lipinski definition) is 0. The summed E-state index contributed by atoms with van der Waals surface area (Å²) in [5, 5.41) is 0. The zero-order valence-electron chi connectivity index (χ0n) is 80.7. The SMILES string of the molecule is Cc1ccc(-c2ccc(-c3ccc(C)cc3)cc2)cc1.Cc1ccc(-c2ccc(-c3cccc(C)c3)cc2)cc1.Cc1ccc(-c2cccc(C)c2)cc1.Cc1ccc2c(c1)CCc1cc(C)ccc1-2.Cc1ccc2c(c1)Cc1cc(C)ccc1-2.Cc1cccc(-c2ccc(-c3cccc(C)c3)cc2)c1.Cc1cccc(-c2cccc(C)c2)c1.Cc1cccc(-c2ccccc2C)c1. The van der Waals surface area contributed by atoms with Gasteiger partial charge in [-0.2, -0.15) is 0 Å². The van der Waals surface area contributed by atoms with Gasteiger partial charge in [0.2, 0.25) is 0 Å². The predicted octanol–water partition coefficient (Wildman–Crippen LogP) is 36.8. The molecule has 0 radical (unpaired) electrons. The van der Waals surface area contributed by atoms with E-state index in [9.17, 15) is 0 Å². The topological polar surface area (TPSA) is 0 Å². The van der Waals surface area contributed by atoms with Gasteiger partial charge in [-0.05, 0) is 280 Å². The summed E-state index contributed by atoms with van der Waals surface area (Å²) in [4.78, 5) is 0. The number of fused-ring (bicyclic) bond motifs is 6. The molecule has 0 atom stereocenters. The maximum Gasteiger partial charge on any atom is -0.00133 e. The molecule has 0 aromatic heterocycles. The fraction of sp³-hybridized carbons (Fsp3) is 0.143. The van der Waals surface area contributed by atoms with Gasteiger partial charge >= 0.3 is 0 Å². The van der Waals surface area contributed by atoms with Crippen LogP contribution in [0, 0.1) is 111 Å². The molecule has 0 spiro atoms. The molecule has 0 saturated heterocycles. The molecular weight excluding hydrogens is 1600 g/mol. The summed E-state index contributed by atoms with van der Waals surface area (Å²) in [7, 11) is 0. The van der Waals surface area contributed by atoms with Crippen LogP contribution < -0.4 is 0 Å². The maximum atomic E-state index is 2.33. The maximum absolute atomic E-state index is 2.33. The summed E-state index contributed by atoms with van der Waals surface area (Å²) in [6.07, 6.45) is 3.48. The molecule has 658 valence electrons. The van der Waals surface area contributed by atoms with Crippen molar-refractivity contribution in [1.29, 1.82) is 0 Å². The Kier molecular flexibility index (Phi) is 32.4. The van der Waals surface area contributed by atoms with Crippen LogP contribution in [-0.2, 0) is 19.3 Å². The van der Waals surface area contributed by atoms with E-state index in [4.69, 9.17) is 0 Å². The first kappa shape index (κ1) is 94.3. The predicted molar refractivity (Wildman–Crippen MR) is 577 cm³/mol. The Morgan fingerprint density at radius 2 is 0.286 bits per heavy atom. The van der Waals surface area contributed by atoms with Crippen LogP contribution in [0.4, 0.5) is 0 Å². The second-order valence-corrected chi connectivity index (χ2v) is 36.4. The first-order valence-electron chi connectivity index (χ1n) is 46.9. The average Bonchev–Trinajstić information content (AvgIpc) is 1.63. The Hall–Kier alpha value is -14.8. The van der Waals surface area contributed by atoms with Gasteiger partial charge in [-0.1, -0.05) is 520 Å². The summed E-state index contributed by atoms with van der Waals surface area (Å²) in [5.74, 6) is 0. The molecule has 21 rings (SSSR count). The van der Waals surface area contributed by atoms with E-state index >= 15 is 0 Å². The Bertz CT molecular complexity index is 6780. The van der Waals surface area contributed by atoms with Crippen molar-refractivity contribution >= 4 is 0 Å². The molecule has 19 aromatic carbocycles. The molecule has 0 nitrogen and oxygen atoms in total. The quantitative estimate of drug-likeness (QED) is 0.135. The lowest BCUT2D eigenvalue weighted by molar-refractivity contribution is 0.937. The van der Waals surface area contributed by atoms with Gasteiger partial charge in [-0.3, -0.25) is 0 Å². The molecule has 19 aromatic rings.